The third-order valence-electron chi connectivity index (χ3n) is 4.35. The van der Waals surface area contributed by atoms with Gasteiger partial charge in [0, 0.05) is 5.56 Å². The minimum Gasteiger partial charge on any atom is -0.482 e. The van der Waals surface area contributed by atoms with E-state index in [2.05, 4.69) is 5.16 Å². The second-order valence-electron chi connectivity index (χ2n) is 6.87. The number of oxime groups is 1. The van der Waals surface area contributed by atoms with Gasteiger partial charge in [0.1, 0.15) is 17.2 Å². The fourth-order valence-electron chi connectivity index (χ4n) is 2.88. The van der Waals surface area contributed by atoms with E-state index in [1.807, 2.05) is 24.3 Å². The SMILES string of the molecule is CCOP(=O)(OCC)C(=NOC(=O)COc1ccccc1)c1ccc(Cl)c(Oc2ccccc2)c1. The molecule has 0 aliphatic heterocycles. The van der Waals surface area contributed by atoms with Crippen LogP contribution in [0.15, 0.2) is 84.0 Å². The van der Waals surface area contributed by atoms with Crippen molar-refractivity contribution < 1.29 is 32.7 Å². The molecule has 0 spiro atoms. The Balaban J connectivity index is 1.90. The first kappa shape index (κ1) is 26.4. The minimum atomic E-state index is -3.97. The Morgan fingerprint density at radius 3 is 2.09 bits per heavy atom. The van der Waals surface area contributed by atoms with Crippen molar-refractivity contribution in [1.29, 1.82) is 0 Å². The fraction of sp³-hybridized carbons (Fsp3) is 0.200. The van der Waals surface area contributed by atoms with Crippen molar-refractivity contribution in [2.45, 2.75) is 13.8 Å². The molecule has 0 heterocycles. The van der Waals surface area contributed by atoms with Crippen molar-refractivity contribution in [3.8, 4) is 17.2 Å². The molecule has 3 aromatic carbocycles. The maximum atomic E-state index is 13.6. The van der Waals surface area contributed by atoms with Gasteiger partial charge >= 0.3 is 13.6 Å². The molecule has 0 saturated carbocycles. The number of halogens is 1. The predicted octanol–water partition coefficient (Wildman–Crippen LogP) is 6.68. The molecule has 0 radical (unpaired) electrons. The summed E-state index contributed by atoms with van der Waals surface area (Å²) in [7, 11) is -3.97. The van der Waals surface area contributed by atoms with E-state index in [9.17, 15) is 9.36 Å². The summed E-state index contributed by atoms with van der Waals surface area (Å²) in [6.45, 7) is 3.06. The van der Waals surface area contributed by atoms with Gasteiger partial charge in [-0.1, -0.05) is 59.2 Å². The van der Waals surface area contributed by atoms with Crippen LogP contribution in [-0.4, -0.2) is 31.2 Å². The first-order chi connectivity index (χ1) is 16.9. The molecule has 0 bridgehead atoms. The Hall–Kier alpha value is -3.16. The molecular formula is C25H25ClNO7P. The number of para-hydroxylation sites is 2. The number of benzene rings is 3. The molecule has 0 aliphatic carbocycles. The zero-order chi connectivity index (χ0) is 25.1. The normalized spacial score (nSPS) is 11.7. The van der Waals surface area contributed by atoms with Crippen molar-refractivity contribution in [2.75, 3.05) is 19.8 Å². The third-order valence-corrected chi connectivity index (χ3v) is 6.72. The predicted molar refractivity (Wildman–Crippen MR) is 133 cm³/mol. The summed E-state index contributed by atoms with van der Waals surface area (Å²) in [5, 5.41) is 4.18. The second kappa shape index (κ2) is 13.1. The summed E-state index contributed by atoms with van der Waals surface area (Å²) in [6, 6.07) is 22.4. The summed E-state index contributed by atoms with van der Waals surface area (Å²) in [5.74, 6) is 0.512. The number of hydrogen-bond donors (Lipinski definition) is 0. The molecule has 0 aromatic heterocycles. The van der Waals surface area contributed by atoms with Crippen molar-refractivity contribution in [2.24, 2.45) is 5.16 Å². The quantitative estimate of drug-likeness (QED) is 0.114. The van der Waals surface area contributed by atoms with Crippen LogP contribution < -0.4 is 9.47 Å². The van der Waals surface area contributed by atoms with Gasteiger partial charge in [-0.3, -0.25) is 4.57 Å². The van der Waals surface area contributed by atoms with Crippen molar-refractivity contribution in [3.05, 3.63) is 89.4 Å². The van der Waals surface area contributed by atoms with Gasteiger partial charge in [0.2, 0.25) is 0 Å². The van der Waals surface area contributed by atoms with Gasteiger partial charge in [0.25, 0.3) is 0 Å². The highest BCUT2D eigenvalue weighted by Gasteiger charge is 2.35. The van der Waals surface area contributed by atoms with E-state index in [0.717, 1.165) is 0 Å². The Morgan fingerprint density at radius 2 is 1.49 bits per heavy atom. The van der Waals surface area contributed by atoms with E-state index >= 15 is 0 Å². The topological polar surface area (TPSA) is 92.7 Å². The molecule has 8 nitrogen and oxygen atoms in total. The van der Waals surface area contributed by atoms with E-state index in [1.54, 1.807) is 62.4 Å². The monoisotopic (exact) mass is 517 g/mol. The number of ether oxygens (including phenoxy) is 2. The highest BCUT2D eigenvalue weighted by Crippen LogP contribution is 2.52. The Morgan fingerprint density at radius 1 is 0.886 bits per heavy atom. The first-order valence-electron chi connectivity index (χ1n) is 10.8. The van der Waals surface area contributed by atoms with Crippen LogP contribution >= 0.6 is 19.2 Å². The Kier molecular flexibility index (Phi) is 9.87. The van der Waals surface area contributed by atoms with Gasteiger partial charge in [-0.15, -0.1) is 0 Å². The molecule has 35 heavy (non-hydrogen) atoms. The molecule has 3 rings (SSSR count). The summed E-state index contributed by atoms with van der Waals surface area (Å²) < 4.78 is 35.7. The molecule has 0 N–H and O–H groups in total. The van der Waals surface area contributed by atoms with Crippen LogP contribution in [0.2, 0.25) is 5.02 Å². The third kappa shape index (κ3) is 7.67. The molecule has 0 atom stereocenters. The van der Waals surface area contributed by atoms with Gasteiger partial charge in [-0.2, -0.15) is 0 Å². The van der Waals surface area contributed by atoms with E-state index in [0.29, 0.717) is 16.5 Å². The van der Waals surface area contributed by atoms with Crippen LogP contribution in [0.5, 0.6) is 17.2 Å². The molecule has 184 valence electrons. The molecule has 0 unspecified atom stereocenters. The summed E-state index contributed by atoms with van der Waals surface area (Å²) in [4.78, 5) is 17.3. The van der Waals surface area contributed by atoms with Crippen molar-refractivity contribution in [3.63, 3.8) is 0 Å². The lowest BCUT2D eigenvalue weighted by molar-refractivity contribution is -0.145. The van der Waals surface area contributed by atoms with Gasteiger partial charge < -0.3 is 23.4 Å². The van der Waals surface area contributed by atoms with Gasteiger partial charge in [0.15, 0.2) is 12.1 Å². The molecule has 10 heteroatoms. The number of carbonyl (C=O) groups is 1. The molecule has 0 aliphatic rings. The number of rotatable bonds is 12. The van der Waals surface area contributed by atoms with Crippen LogP contribution in [0.1, 0.15) is 19.4 Å². The highest BCUT2D eigenvalue weighted by atomic mass is 35.5. The van der Waals surface area contributed by atoms with E-state index in [1.165, 1.54) is 6.07 Å². The van der Waals surface area contributed by atoms with E-state index in [-0.39, 0.29) is 30.0 Å². The molecule has 3 aromatic rings. The fourth-order valence-corrected chi connectivity index (χ4v) is 4.63. The molecule has 0 amide bonds. The summed E-state index contributed by atoms with van der Waals surface area (Å²) in [6.07, 6.45) is 0. The first-order valence-corrected chi connectivity index (χ1v) is 12.8. The standard InChI is InChI=1S/C25H25ClNO7P/c1-3-31-35(29,32-4-2)25(27-34-24(28)18-30-20-11-7-5-8-12-20)19-15-16-22(26)23(17-19)33-21-13-9-6-10-14-21/h5-17H,3-4,18H2,1-2H3. The number of nitrogens with zero attached hydrogens (tertiary/aromatic N) is 1. The van der Waals surface area contributed by atoms with Crippen LogP contribution in [0.4, 0.5) is 0 Å². The largest absolute Gasteiger partial charge is 0.482 e. The average molecular weight is 518 g/mol. The molecular weight excluding hydrogens is 493 g/mol. The highest BCUT2D eigenvalue weighted by molar-refractivity contribution is 7.73. The zero-order valence-electron chi connectivity index (χ0n) is 19.3. The lowest BCUT2D eigenvalue weighted by Crippen LogP contribution is -2.15. The smallest absolute Gasteiger partial charge is 0.383 e. The van der Waals surface area contributed by atoms with Crippen LogP contribution in [0, 0.1) is 0 Å². The van der Waals surface area contributed by atoms with Gasteiger partial charge in [0.05, 0.1) is 18.2 Å². The van der Waals surface area contributed by atoms with Crippen LogP contribution in [0.3, 0.4) is 0 Å². The summed E-state index contributed by atoms with van der Waals surface area (Å²) >= 11 is 6.32. The van der Waals surface area contributed by atoms with Gasteiger partial charge in [-0.25, -0.2) is 4.79 Å². The molecule has 0 fully saturated rings. The van der Waals surface area contributed by atoms with E-state index in [4.69, 9.17) is 35.0 Å². The van der Waals surface area contributed by atoms with Crippen LogP contribution in [0.25, 0.3) is 0 Å². The van der Waals surface area contributed by atoms with Gasteiger partial charge in [-0.05, 0) is 50.2 Å². The minimum absolute atomic E-state index is 0.0718. The lowest BCUT2D eigenvalue weighted by atomic mass is 10.2. The number of carbonyl (C=O) groups excluding carboxylic acids is 1. The summed E-state index contributed by atoms with van der Waals surface area (Å²) in [5.41, 5.74) is 0.0752. The van der Waals surface area contributed by atoms with Crippen molar-refractivity contribution >= 4 is 30.6 Å². The lowest BCUT2D eigenvalue weighted by Gasteiger charge is -2.19. The molecule has 0 saturated heterocycles. The maximum Gasteiger partial charge on any atom is 0.383 e. The number of hydrogen-bond acceptors (Lipinski definition) is 8. The second-order valence-corrected chi connectivity index (χ2v) is 9.22. The van der Waals surface area contributed by atoms with E-state index < -0.39 is 20.2 Å². The average Bonchev–Trinajstić information content (AvgIpc) is 2.86. The maximum absolute atomic E-state index is 13.6. The van der Waals surface area contributed by atoms with Crippen LogP contribution in [-0.2, 0) is 23.2 Å². The van der Waals surface area contributed by atoms with Crippen molar-refractivity contribution in [1.82, 2.24) is 0 Å². The Bertz CT molecular complexity index is 1180. The zero-order valence-corrected chi connectivity index (χ0v) is 20.9. The Labute approximate surface area is 208 Å².